The number of nitrogens with zero attached hydrogens (tertiary/aromatic N) is 3. The maximum absolute atomic E-state index is 5.49. The predicted molar refractivity (Wildman–Crippen MR) is 110 cm³/mol. The second kappa shape index (κ2) is 7.45. The molecule has 27 heavy (non-hydrogen) atoms. The summed E-state index contributed by atoms with van der Waals surface area (Å²) in [7, 11) is 0. The third kappa shape index (κ3) is 4.07. The molecule has 0 atom stereocenters. The minimum Gasteiger partial charge on any atom is -0.379 e. The van der Waals surface area contributed by atoms with Crippen LogP contribution in [0.4, 0.5) is 0 Å². The average molecular weight is 364 g/mol. The monoisotopic (exact) mass is 363 g/mol. The second-order valence-electron chi connectivity index (χ2n) is 8.44. The number of fused-ring (bicyclic) bond motifs is 1. The van der Waals surface area contributed by atoms with Gasteiger partial charge in [-0.25, -0.2) is 4.98 Å². The van der Waals surface area contributed by atoms with E-state index >= 15 is 0 Å². The summed E-state index contributed by atoms with van der Waals surface area (Å²) in [4.78, 5) is 7.37. The summed E-state index contributed by atoms with van der Waals surface area (Å²) in [5.41, 5.74) is 5.15. The van der Waals surface area contributed by atoms with E-state index in [1.54, 1.807) is 0 Å². The Hall–Kier alpha value is -2.17. The maximum Gasteiger partial charge on any atom is 0.124 e. The molecule has 1 aromatic heterocycles. The fraction of sp³-hybridized carbons (Fsp3) is 0.435. The van der Waals surface area contributed by atoms with E-state index < -0.39 is 0 Å². The van der Waals surface area contributed by atoms with E-state index in [2.05, 4.69) is 78.8 Å². The van der Waals surface area contributed by atoms with Gasteiger partial charge in [-0.05, 0) is 28.7 Å². The van der Waals surface area contributed by atoms with Crippen molar-refractivity contribution in [1.29, 1.82) is 0 Å². The molecule has 3 aromatic rings. The molecule has 0 unspecified atom stereocenters. The molecule has 0 spiro atoms. The molecule has 0 amide bonds. The van der Waals surface area contributed by atoms with Crippen molar-refractivity contribution in [3.8, 4) is 0 Å². The summed E-state index contributed by atoms with van der Waals surface area (Å²) in [5.74, 6) is 1.14. The Bertz CT molecular complexity index is 900. The van der Waals surface area contributed by atoms with Crippen LogP contribution in [0.25, 0.3) is 11.0 Å². The zero-order valence-electron chi connectivity index (χ0n) is 16.6. The van der Waals surface area contributed by atoms with Gasteiger partial charge in [0, 0.05) is 19.6 Å². The number of imidazole rings is 1. The number of benzene rings is 2. The number of aromatic nitrogens is 2. The third-order valence-corrected chi connectivity index (χ3v) is 5.36. The summed E-state index contributed by atoms with van der Waals surface area (Å²) in [6.07, 6.45) is 0. The van der Waals surface area contributed by atoms with Gasteiger partial charge < -0.3 is 9.30 Å². The molecule has 0 radical (unpaired) electrons. The molecule has 4 heteroatoms. The topological polar surface area (TPSA) is 30.3 Å². The van der Waals surface area contributed by atoms with E-state index in [9.17, 15) is 0 Å². The molecule has 4 nitrogen and oxygen atoms in total. The molecule has 0 aliphatic carbocycles. The highest BCUT2D eigenvalue weighted by Gasteiger charge is 2.17. The van der Waals surface area contributed by atoms with Gasteiger partial charge in [0.1, 0.15) is 5.82 Å². The molecule has 1 aliphatic heterocycles. The van der Waals surface area contributed by atoms with Gasteiger partial charge in [0.15, 0.2) is 0 Å². The first kappa shape index (κ1) is 18.2. The standard InChI is InChI=1S/C23H29N3O/c1-23(2,3)19-10-8-18(9-11-19)16-26-21-7-5-4-6-20(21)24-22(26)17-25-12-14-27-15-13-25/h4-11H,12-17H2,1-3H3. The lowest BCUT2D eigenvalue weighted by molar-refractivity contribution is 0.0327. The molecule has 1 saturated heterocycles. The molecular formula is C23H29N3O. The molecule has 0 bridgehead atoms. The summed E-state index contributed by atoms with van der Waals surface area (Å²) < 4.78 is 7.86. The molecule has 2 aromatic carbocycles. The lowest BCUT2D eigenvalue weighted by Gasteiger charge is -2.26. The summed E-state index contributed by atoms with van der Waals surface area (Å²) in [6, 6.07) is 17.5. The normalized spacial score (nSPS) is 16.1. The number of rotatable bonds is 4. The molecule has 1 aliphatic rings. The number of para-hydroxylation sites is 2. The molecule has 0 N–H and O–H groups in total. The van der Waals surface area contributed by atoms with Crippen molar-refractivity contribution >= 4 is 11.0 Å². The first-order valence-electron chi connectivity index (χ1n) is 9.84. The van der Waals surface area contributed by atoms with Crippen LogP contribution in [-0.2, 0) is 23.2 Å². The smallest absolute Gasteiger partial charge is 0.124 e. The Labute approximate surface area is 161 Å². The summed E-state index contributed by atoms with van der Waals surface area (Å²) in [5, 5.41) is 0. The number of hydrogen-bond donors (Lipinski definition) is 0. The average Bonchev–Trinajstić information content (AvgIpc) is 3.00. The Morgan fingerprint density at radius 2 is 1.63 bits per heavy atom. The largest absolute Gasteiger partial charge is 0.379 e. The van der Waals surface area contributed by atoms with Crippen LogP contribution < -0.4 is 0 Å². The van der Waals surface area contributed by atoms with Gasteiger partial charge in [-0.15, -0.1) is 0 Å². The Morgan fingerprint density at radius 3 is 2.33 bits per heavy atom. The van der Waals surface area contributed by atoms with Crippen LogP contribution >= 0.6 is 0 Å². The van der Waals surface area contributed by atoms with Crippen molar-refractivity contribution in [3.05, 3.63) is 65.5 Å². The first-order chi connectivity index (χ1) is 13.0. The van der Waals surface area contributed by atoms with Crippen molar-refractivity contribution in [2.75, 3.05) is 26.3 Å². The fourth-order valence-corrected chi connectivity index (χ4v) is 3.67. The van der Waals surface area contributed by atoms with E-state index in [0.29, 0.717) is 0 Å². The van der Waals surface area contributed by atoms with Crippen LogP contribution in [0.5, 0.6) is 0 Å². The van der Waals surface area contributed by atoms with Gasteiger partial charge in [0.2, 0.25) is 0 Å². The minimum atomic E-state index is 0.182. The van der Waals surface area contributed by atoms with Crippen LogP contribution in [-0.4, -0.2) is 40.8 Å². The van der Waals surface area contributed by atoms with Crippen LogP contribution in [0.3, 0.4) is 0 Å². The molecule has 4 rings (SSSR count). The Balaban J connectivity index is 1.64. The van der Waals surface area contributed by atoms with E-state index in [-0.39, 0.29) is 5.41 Å². The van der Waals surface area contributed by atoms with Gasteiger partial charge in [0.25, 0.3) is 0 Å². The van der Waals surface area contributed by atoms with Crippen LogP contribution in [0.1, 0.15) is 37.7 Å². The van der Waals surface area contributed by atoms with E-state index in [0.717, 1.165) is 50.7 Å². The Morgan fingerprint density at radius 1 is 0.926 bits per heavy atom. The highest BCUT2D eigenvalue weighted by molar-refractivity contribution is 5.76. The molecular weight excluding hydrogens is 334 g/mol. The van der Waals surface area contributed by atoms with Gasteiger partial charge in [-0.2, -0.15) is 0 Å². The first-order valence-corrected chi connectivity index (χ1v) is 9.84. The van der Waals surface area contributed by atoms with Crippen molar-refractivity contribution in [1.82, 2.24) is 14.5 Å². The van der Waals surface area contributed by atoms with E-state index in [1.165, 1.54) is 16.6 Å². The summed E-state index contributed by atoms with van der Waals surface area (Å²) in [6.45, 7) is 12.1. The van der Waals surface area contributed by atoms with Gasteiger partial charge in [0.05, 0.1) is 30.8 Å². The highest BCUT2D eigenvalue weighted by Crippen LogP contribution is 2.24. The zero-order chi connectivity index (χ0) is 18.9. The van der Waals surface area contributed by atoms with Crippen LogP contribution in [0.15, 0.2) is 48.5 Å². The summed E-state index contributed by atoms with van der Waals surface area (Å²) >= 11 is 0. The lowest BCUT2D eigenvalue weighted by Crippen LogP contribution is -2.36. The second-order valence-corrected chi connectivity index (χ2v) is 8.44. The van der Waals surface area contributed by atoms with Crippen molar-refractivity contribution in [3.63, 3.8) is 0 Å². The molecule has 0 saturated carbocycles. The van der Waals surface area contributed by atoms with E-state index in [4.69, 9.17) is 9.72 Å². The van der Waals surface area contributed by atoms with Crippen molar-refractivity contribution in [2.45, 2.75) is 39.3 Å². The van der Waals surface area contributed by atoms with Crippen molar-refractivity contribution in [2.24, 2.45) is 0 Å². The number of ether oxygens (including phenoxy) is 1. The van der Waals surface area contributed by atoms with Gasteiger partial charge >= 0.3 is 0 Å². The maximum atomic E-state index is 5.49. The fourth-order valence-electron chi connectivity index (χ4n) is 3.67. The Kier molecular flexibility index (Phi) is 5.02. The van der Waals surface area contributed by atoms with Gasteiger partial charge in [-0.3, -0.25) is 4.90 Å². The zero-order valence-corrected chi connectivity index (χ0v) is 16.6. The number of morpholine rings is 1. The third-order valence-electron chi connectivity index (χ3n) is 5.36. The lowest BCUT2D eigenvalue weighted by atomic mass is 9.87. The molecule has 1 fully saturated rings. The van der Waals surface area contributed by atoms with Gasteiger partial charge in [-0.1, -0.05) is 57.2 Å². The number of hydrogen-bond acceptors (Lipinski definition) is 3. The quantitative estimate of drug-likeness (QED) is 0.695. The predicted octanol–water partition coefficient (Wildman–Crippen LogP) is 4.21. The van der Waals surface area contributed by atoms with E-state index in [1.807, 2.05) is 0 Å². The van der Waals surface area contributed by atoms with Crippen LogP contribution in [0, 0.1) is 0 Å². The van der Waals surface area contributed by atoms with Crippen LogP contribution in [0.2, 0.25) is 0 Å². The minimum absolute atomic E-state index is 0.182. The van der Waals surface area contributed by atoms with Crippen molar-refractivity contribution < 1.29 is 4.74 Å². The highest BCUT2D eigenvalue weighted by atomic mass is 16.5. The SMILES string of the molecule is CC(C)(C)c1ccc(Cn2c(CN3CCOCC3)nc3ccccc32)cc1. The molecule has 2 heterocycles. The molecule has 142 valence electrons.